The molecule has 1 aromatic heterocycles. The summed E-state index contributed by atoms with van der Waals surface area (Å²) in [5.74, 6) is -0.960. The zero-order valence-electron chi connectivity index (χ0n) is 13.1. The molecule has 0 aliphatic heterocycles. The summed E-state index contributed by atoms with van der Waals surface area (Å²) >= 11 is 3.38. The summed E-state index contributed by atoms with van der Waals surface area (Å²) in [7, 11) is 1.57. The molecule has 2 N–H and O–H groups in total. The van der Waals surface area contributed by atoms with Gasteiger partial charge in [0.25, 0.3) is 11.5 Å². The van der Waals surface area contributed by atoms with Crippen LogP contribution in [0, 0.1) is 6.92 Å². The van der Waals surface area contributed by atoms with Gasteiger partial charge in [0.05, 0.1) is 11.2 Å². The van der Waals surface area contributed by atoms with Crippen LogP contribution in [0.4, 0.5) is 5.69 Å². The summed E-state index contributed by atoms with van der Waals surface area (Å²) in [6.07, 6.45) is 0. The molecule has 6 heteroatoms. The number of halogens is 1. The molecule has 0 fully saturated rings. The van der Waals surface area contributed by atoms with Crippen molar-refractivity contribution in [2.45, 2.75) is 6.92 Å². The number of aromatic hydroxyl groups is 1. The molecule has 3 aromatic rings. The molecule has 1 heterocycles. The normalized spacial score (nSPS) is 10.8. The number of benzene rings is 2. The highest BCUT2D eigenvalue weighted by Crippen LogP contribution is 2.28. The van der Waals surface area contributed by atoms with Crippen molar-refractivity contribution in [3.05, 3.63) is 68.4 Å². The first-order chi connectivity index (χ1) is 11.4. The average molecular weight is 387 g/mol. The second-order valence-corrected chi connectivity index (χ2v) is 6.40. The molecule has 0 aliphatic rings. The van der Waals surface area contributed by atoms with Crippen molar-refractivity contribution >= 4 is 38.4 Å². The van der Waals surface area contributed by atoms with Crippen LogP contribution >= 0.6 is 15.9 Å². The van der Waals surface area contributed by atoms with Gasteiger partial charge >= 0.3 is 0 Å². The Hall–Kier alpha value is -2.60. The van der Waals surface area contributed by atoms with E-state index in [0.29, 0.717) is 21.1 Å². The Morgan fingerprint density at radius 3 is 2.62 bits per heavy atom. The number of fused-ring (bicyclic) bond motifs is 1. The lowest BCUT2D eigenvalue weighted by atomic mass is 10.1. The van der Waals surface area contributed by atoms with Crippen LogP contribution in [0.3, 0.4) is 0 Å². The summed E-state index contributed by atoms with van der Waals surface area (Å²) in [6.45, 7) is 1.93. The number of carbonyl (C=O) groups excluding carboxylic acids is 1. The van der Waals surface area contributed by atoms with Crippen molar-refractivity contribution in [3.8, 4) is 5.75 Å². The number of para-hydroxylation sites is 1. The minimum absolute atomic E-state index is 0.274. The molecular formula is C18H15BrN2O3. The Kier molecular flexibility index (Phi) is 4.15. The fourth-order valence-electron chi connectivity index (χ4n) is 2.59. The van der Waals surface area contributed by atoms with E-state index in [9.17, 15) is 14.7 Å². The maximum absolute atomic E-state index is 12.6. The summed E-state index contributed by atoms with van der Waals surface area (Å²) in [4.78, 5) is 25.1. The first-order valence-corrected chi connectivity index (χ1v) is 8.07. The van der Waals surface area contributed by atoms with Crippen LogP contribution in [0.2, 0.25) is 0 Å². The van der Waals surface area contributed by atoms with E-state index in [1.165, 1.54) is 4.57 Å². The molecule has 1 amide bonds. The van der Waals surface area contributed by atoms with Gasteiger partial charge in [-0.05, 0) is 52.7 Å². The Bertz CT molecular complexity index is 1020. The monoisotopic (exact) mass is 386 g/mol. The highest BCUT2D eigenvalue weighted by atomic mass is 79.9. The minimum atomic E-state index is -0.650. The van der Waals surface area contributed by atoms with Crippen LogP contribution in [0.15, 0.2) is 51.7 Å². The maximum Gasteiger partial charge on any atom is 0.267 e. The van der Waals surface area contributed by atoms with Gasteiger partial charge in [-0.15, -0.1) is 0 Å². The van der Waals surface area contributed by atoms with Crippen LogP contribution in [0.1, 0.15) is 15.9 Å². The molecular weight excluding hydrogens is 372 g/mol. The van der Waals surface area contributed by atoms with Gasteiger partial charge in [0, 0.05) is 16.9 Å². The SMILES string of the molecule is Cc1ccc(NC(=O)c2c(O)c3ccccc3n(C)c2=O)c(Br)c1. The van der Waals surface area contributed by atoms with Crippen molar-refractivity contribution in [3.63, 3.8) is 0 Å². The van der Waals surface area contributed by atoms with E-state index in [2.05, 4.69) is 21.2 Å². The molecule has 0 unspecified atom stereocenters. The van der Waals surface area contributed by atoms with Gasteiger partial charge in [0.15, 0.2) is 0 Å². The Morgan fingerprint density at radius 1 is 1.21 bits per heavy atom. The number of aromatic nitrogens is 1. The lowest BCUT2D eigenvalue weighted by Gasteiger charge is -2.12. The predicted molar refractivity (Wildman–Crippen MR) is 97.7 cm³/mol. The molecule has 0 radical (unpaired) electrons. The van der Waals surface area contributed by atoms with Crippen molar-refractivity contribution in [2.24, 2.45) is 7.05 Å². The van der Waals surface area contributed by atoms with E-state index >= 15 is 0 Å². The van der Waals surface area contributed by atoms with Gasteiger partial charge in [-0.3, -0.25) is 9.59 Å². The summed E-state index contributed by atoms with van der Waals surface area (Å²) in [5, 5.41) is 13.6. The Morgan fingerprint density at radius 2 is 1.92 bits per heavy atom. The molecule has 0 bridgehead atoms. The average Bonchev–Trinajstić information content (AvgIpc) is 2.55. The standard InChI is InChI=1S/C18H15BrN2O3/c1-10-7-8-13(12(19)9-10)20-17(23)15-16(22)11-5-3-4-6-14(11)21(2)18(15)24/h3-9,22H,1-2H3,(H,20,23). The molecule has 0 spiro atoms. The molecule has 3 rings (SSSR count). The van der Waals surface area contributed by atoms with E-state index in [1.54, 1.807) is 37.4 Å². The van der Waals surface area contributed by atoms with Crippen molar-refractivity contribution < 1.29 is 9.90 Å². The second kappa shape index (κ2) is 6.13. The number of rotatable bonds is 2. The van der Waals surface area contributed by atoms with Gasteiger partial charge in [-0.25, -0.2) is 0 Å². The smallest absolute Gasteiger partial charge is 0.267 e. The third-order valence-electron chi connectivity index (χ3n) is 3.88. The topological polar surface area (TPSA) is 71.3 Å². The minimum Gasteiger partial charge on any atom is -0.506 e. The third-order valence-corrected chi connectivity index (χ3v) is 4.53. The molecule has 24 heavy (non-hydrogen) atoms. The highest BCUT2D eigenvalue weighted by Gasteiger charge is 2.21. The predicted octanol–water partition coefficient (Wildman–Crippen LogP) is 3.57. The van der Waals surface area contributed by atoms with E-state index in [0.717, 1.165) is 5.56 Å². The van der Waals surface area contributed by atoms with E-state index in [-0.39, 0.29) is 11.3 Å². The van der Waals surface area contributed by atoms with Crippen LogP contribution in [-0.2, 0) is 7.05 Å². The van der Waals surface area contributed by atoms with E-state index in [1.807, 2.05) is 19.1 Å². The lowest BCUT2D eigenvalue weighted by molar-refractivity contribution is 0.102. The van der Waals surface area contributed by atoms with Gasteiger partial charge < -0.3 is 15.0 Å². The summed E-state index contributed by atoms with van der Waals surface area (Å²) in [6, 6.07) is 12.3. The number of anilines is 1. The number of nitrogens with one attached hydrogen (secondary N) is 1. The lowest BCUT2D eigenvalue weighted by Crippen LogP contribution is -2.28. The number of pyridine rings is 1. The molecule has 0 saturated carbocycles. The molecule has 5 nitrogen and oxygen atoms in total. The summed E-state index contributed by atoms with van der Waals surface area (Å²) in [5.41, 5.74) is 1.30. The Balaban J connectivity index is 2.12. The van der Waals surface area contributed by atoms with Gasteiger partial charge in [-0.2, -0.15) is 0 Å². The van der Waals surface area contributed by atoms with E-state index in [4.69, 9.17) is 0 Å². The Labute approximate surface area is 146 Å². The van der Waals surface area contributed by atoms with Crippen molar-refractivity contribution in [1.29, 1.82) is 0 Å². The number of carbonyl (C=O) groups is 1. The molecule has 0 saturated heterocycles. The fraction of sp³-hybridized carbons (Fsp3) is 0.111. The van der Waals surface area contributed by atoms with Crippen LogP contribution < -0.4 is 10.9 Å². The number of amides is 1. The van der Waals surface area contributed by atoms with Crippen molar-refractivity contribution in [2.75, 3.05) is 5.32 Å². The summed E-state index contributed by atoms with van der Waals surface area (Å²) < 4.78 is 2.06. The number of nitrogens with zero attached hydrogens (tertiary/aromatic N) is 1. The molecule has 2 aromatic carbocycles. The maximum atomic E-state index is 12.6. The quantitative estimate of drug-likeness (QED) is 0.706. The highest BCUT2D eigenvalue weighted by molar-refractivity contribution is 9.10. The molecule has 0 atom stereocenters. The first-order valence-electron chi connectivity index (χ1n) is 7.28. The van der Waals surface area contributed by atoms with E-state index < -0.39 is 11.5 Å². The van der Waals surface area contributed by atoms with Crippen LogP contribution in [0.5, 0.6) is 5.75 Å². The van der Waals surface area contributed by atoms with Crippen molar-refractivity contribution in [1.82, 2.24) is 4.57 Å². The zero-order chi connectivity index (χ0) is 17.4. The van der Waals surface area contributed by atoms with Gasteiger partial charge in [0.2, 0.25) is 0 Å². The second-order valence-electron chi connectivity index (χ2n) is 5.54. The number of hydrogen-bond acceptors (Lipinski definition) is 3. The number of hydrogen-bond donors (Lipinski definition) is 2. The third kappa shape index (κ3) is 2.69. The molecule has 0 aliphatic carbocycles. The largest absolute Gasteiger partial charge is 0.506 e. The fourth-order valence-corrected chi connectivity index (χ4v) is 3.18. The number of aryl methyl sites for hydroxylation is 2. The first kappa shape index (κ1) is 16.3. The molecule has 122 valence electrons. The van der Waals surface area contributed by atoms with Crippen LogP contribution in [-0.4, -0.2) is 15.6 Å². The zero-order valence-corrected chi connectivity index (χ0v) is 14.7. The van der Waals surface area contributed by atoms with Crippen LogP contribution in [0.25, 0.3) is 10.9 Å². The van der Waals surface area contributed by atoms with Gasteiger partial charge in [0.1, 0.15) is 11.3 Å². The van der Waals surface area contributed by atoms with Gasteiger partial charge in [-0.1, -0.05) is 18.2 Å².